The Morgan fingerprint density at radius 1 is 1.23 bits per heavy atom. The first-order chi connectivity index (χ1) is 14.5. The SMILES string of the molecule is COC(=O)/C=C1/SCC(=O)N1CCCOC(=O)CCn1nnc2ccccc2c1=O. The van der Waals surface area contributed by atoms with Crippen LogP contribution in [-0.4, -0.2) is 63.8 Å². The molecule has 0 spiro atoms. The number of hydrogen-bond donors (Lipinski definition) is 0. The van der Waals surface area contributed by atoms with Crippen LogP contribution in [0.1, 0.15) is 12.8 Å². The summed E-state index contributed by atoms with van der Waals surface area (Å²) in [5, 5.41) is 8.75. The number of methoxy groups -OCH3 is 1. The standard InChI is InChI=1S/C19H20N4O6S/c1-28-18(26)11-16-22(15(24)12-30-16)8-4-10-29-17(25)7-9-23-19(27)13-5-2-3-6-14(13)20-21-23/h2-3,5-6,11H,4,7-10,12H2,1H3/b16-11+. The van der Waals surface area contributed by atoms with Gasteiger partial charge in [0.15, 0.2) is 0 Å². The molecule has 158 valence electrons. The van der Waals surface area contributed by atoms with E-state index in [1.807, 2.05) is 0 Å². The zero-order valence-electron chi connectivity index (χ0n) is 16.3. The van der Waals surface area contributed by atoms with E-state index in [1.54, 1.807) is 24.3 Å². The molecule has 3 rings (SSSR count). The second-order valence-corrected chi connectivity index (χ2v) is 7.29. The highest BCUT2D eigenvalue weighted by molar-refractivity contribution is 8.04. The van der Waals surface area contributed by atoms with Crippen LogP contribution in [0.5, 0.6) is 0 Å². The Bertz CT molecular complexity index is 1050. The summed E-state index contributed by atoms with van der Waals surface area (Å²) in [7, 11) is 1.27. The number of aryl methyl sites for hydroxylation is 1. The van der Waals surface area contributed by atoms with Crippen LogP contribution in [-0.2, 0) is 30.4 Å². The number of benzene rings is 1. The van der Waals surface area contributed by atoms with Gasteiger partial charge in [-0.05, 0) is 18.6 Å². The second kappa shape index (κ2) is 10.0. The Morgan fingerprint density at radius 3 is 2.83 bits per heavy atom. The Balaban J connectivity index is 1.45. The molecule has 1 amide bonds. The van der Waals surface area contributed by atoms with E-state index in [-0.39, 0.29) is 36.8 Å². The largest absolute Gasteiger partial charge is 0.466 e. The van der Waals surface area contributed by atoms with Crippen molar-refractivity contribution < 1.29 is 23.9 Å². The third-order valence-corrected chi connectivity index (χ3v) is 5.32. The Labute approximate surface area is 175 Å². The summed E-state index contributed by atoms with van der Waals surface area (Å²) in [4.78, 5) is 49.1. The molecule has 10 nitrogen and oxygen atoms in total. The van der Waals surface area contributed by atoms with Crippen molar-refractivity contribution in [1.82, 2.24) is 19.9 Å². The van der Waals surface area contributed by atoms with Crippen molar-refractivity contribution in [2.75, 3.05) is 26.0 Å². The van der Waals surface area contributed by atoms with Gasteiger partial charge in [-0.25, -0.2) is 9.48 Å². The van der Waals surface area contributed by atoms with E-state index in [0.29, 0.717) is 28.9 Å². The minimum absolute atomic E-state index is 0.0289. The topological polar surface area (TPSA) is 121 Å². The lowest BCUT2D eigenvalue weighted by Crippen LogP contribution is -2.27. The first-order valence-corrected chi connectivity index (χ1v) is 10.2. The molecule has 1 fully saturated rings. The number of nitrogens with zero attached hydrogens (tertiary/aromatic N) is 4. The van der Waals surface area contributed by atoms with Gasteiger partial charge in [0.1, 0.15) is 5.52 Å². The Kier molecular flexibility index (Phi) is 7.17. The number of fused-ring (bicyclic) bond motifs is 1. The Hall–Kier alpha value is -3.21. The molecule has 0 N–H and O–H groups in total. The van der Waals surface area contributed by atoms with Gasteiger partial charge in [0.2, 0.25) is 5.91 Å². The predicted octanol–water partition coefficient (Wildman–Crippen LogP) is 0.705. The molecule has 1 aromatic carbocycles. The maximum Gasteiger partial charge on any atom is 0.333 e. The molecule has 1 aliphatic heterocycles. The molecule has 0 atom stereocenters. The van der Waals surface area contributed by atoms with Crippen molar-refractivity contribution in [1.29, 1.82) is 0 Å². The van der Waals surface area contributed by atoms with Crippen LogP contribution in [0.4, 0.5) is 0 Å². The molecule has 1 saturated heterocycles. The van der Waals surface area contributed by atoms with Crippen molar-refractivity contribution in [3.05, 3.63) is 45.7 Å². The molecule has 1 aliphatic rings. The third-order valence-electron chi connectivity index (χ3n) is 4.30. The molecule has 2 aromatic rings. The van der Waals surface area contributed by atoms with E-state index in [9.17, 15) is 19.2 Å². The number of rotatable bonds is 8. The smallest absolute Gasteiger partial charge is 0.333 e. The van der Waals surface area contributed by atoms with Crippen molar-refractivity contribution in [3.63, 3.8) is 0 Å². The van der Waals surface area contributed by atoms with Gasteiger partial charge in [0.05, 0.1) is 48.9 Å². The highest BCUT2D eigenvalue weighted by Crippen LogP contribution is 2.28. The molecule has 0 radical (unpaired) electrons. The summed E-state index contributed by atoms with van der Waals surface area (Å²) >= 11 is 1.26. The van der Waals surface area contributed by atoms with Crippen LogP contribution < -0.4 is 5.56 Å². The number of carbonyl (C=O) groups excluding carboxylic acids is 3. The lowest BCUT2D eigenvalue weighted by atomic mass is 10.2. The maximum absolute atomic E-state index is 12.3. The molecule has 1 aromatic heterocycles. The van der Waals surface area contributed by atoms with Gasteiger partial charge in [0, 0.05) is 6.54 Å². The number of carbonyl (C=O) groups is 3. The number of thioether (sulfide) groups is 1. The molecule has 11 heteroatoms. The molecule has 0 saturated carbocycles. The summed E-state index contributed by atoms with van der Waals surface area (Å²) in [5.74, 6) is -0.875. The normalized spacial score (nSPS) is 15.0. The Morgan fingerprint density at radius 2 is 2.03 bits per heavy atom. The minimum Gasteiger partial charge on any atom is -0.466 e. The second-order valence-electron chi connectivity index (χ2n) is 6.30. The highest BCUT2D eigenvalue weighted by atomic mass is 32.2. The molecular formula is C19H20N4O6S. The van der Waals surface area contributed by atoms with Gasteiger partial charge < -0.3 is 14.4 Å². The minimum atomic E-state index is -0.532. The van der Waals surface area contributed by atoms with Gasteiger partial charge >= 0.3 is 11.9 Å². The molecular weight excluding hydrogens is 412 g/mol. The van der Waals surface area contributed by atoms with E-state index >= 15 is 0 Å². The molecule has 0 unspecified atom stereocenters. The van der Waals surface area contributed by atoms with Crippen molar-refractivity contribution in [3.8, 4) is 0 Å². The fraction of sp³-hybridized carbons (Fsp3) is 0.368. The van der Waals surface area contributed by atoms with Crippen LogP contribution in [0.2, 0.25) is 0 Å². The van der Waals surface area contributed by atoms with Gasteiger partial charge in [-0.2, -0.15) is 0 Å². The molecule has 0 aliphatic carbocycles. The molecule has 0 bridgehead atoms. The highest BCUT2D eigenvalue weighted by Gasteiger charge is 2.27. The van der Waals surface area contributed by atoms with Gasteiger partial charge in [-0.3, -0.25) is 14.4 Å². The predicted molar refractivity (Wildman–Crippen MR) is 108 cm³/mol. The first-order valence-electron chi connectivity index (χ1n) is 9.20. The van der Waals surface area contributed by atoms with E-state index in [4.69, 9.17) is 4.74 Å². The fourth-order valence-corrected chi connectivity index (χ4v) is 3.73. The summed E-state index contributed by atoms with van der Waals surface area (Å²) in [6.45, 7) is 0.484. The number of esters is 2. The van der Waals surface area contributed by atoms with Gasteiger partial charge in [-0.15, -0.1) is 5.10 Å². The number of hydrogen-bond acceptors (Lipinski definition) is 9. The lowest BCUT2D eigenvalue weighted by molar-refractivity contribution is -0.144. The summed E-state index contributed by atoms with van der Waals surface area (Å²) in [5.41, 5.74) is 0.180. The maximum atomic E-state index is 12.3. The van der Waals surface area contributed by atoms with E-state index in [2.05, 4.69) is 15.0 Å². The third kappa shape index (κ3) is 5.23. The summed E-state index contributed by atoms with van der Waals surface area (Å²) < 4.78 is 10.9. The van der Waals surface area contributed by atoms with Crippen molar-refractivity contribution >= 4 is 40.5 Å². The first kappa shape index (κ1) is 21.5. The average molecular weight is 432 g/mol. The van der Waals surface area contributed by atoms with Gasteiger partial charge in [0.25, 0.3) is 5.56 Å². The van der Waals surface area contributed by atoms with Crippen LogP contribution in [0.3, 0.4) is 0 Å². The molecule has 30 heavy (non-hydrogen) atoms. The van der Waals surface area contributed by atoms with Crippen LogP contribution >= 0.6 is 11.8 Å². The quantitative estimate of drug-likeness (QED) is 0.337. The zero-order valence-corrected chi connectivity index (χ0v) is 17.1. The average Bonchev–Trinajstić information content (AvgIpc) is 3.09. The number of amides is 1. The van der Waals surface area contributed by atoms with Crippen molar-refractivity contribution in [2.24, 2.45) is 0 Å². The van der Waals surface area contributed by atoms with E-state index < -0.39 is 11.9 Å². The van der Waals surface area contributed by atoms with Crippen LogP contribution in [0.25, 0.3) is 10.9 Å². The van der Waals surface area contributed by atoms with Crippen LogP contribution in [0.15, 0.2) is 40.2 Å². The molecule has 2 heterocycles. The fourth-order valence-electron chi connectivity index (χ4n) is 2.78. The van der Waals surface area contributed by atoms with E-state index in [0.717, 1.165) is 4.68 Å². The lowest BCUT2D eigenvalue weighted by Gasteiger charge is -2.16. The van der Waals surface area contributed by atoms with Gasteiger partial charge in [-0.1, -0.05) is 29.1 Å². The van der Waals surface area contributed by atoms with Crippen LogP contribution in [0, 0.1) is 0 Å². The van der Waals surface area contributed by atoms with E-state index in [1.165, 1.54) is 29.8 Å². The summed E-state index contributed by atoms with van der Waals surface area (Å²) in [6, 6.07) is 6.85. The van der Waals surface area contributed by atoms with Crippen molar-refractivity contribution in [2.45, 2.75) is 19.4 Å². The number of aromatic nitrogens is 3. The monoisotopic (exact) mass is 432 g/mol. The zero-order chi connectivity index (χ0) is 21.5. The number of ether oxygens (including phenoxy) is 2. The summed E-state index contributed by atoms with van der Waals surface area (Å²) in [6.07, 6.45) is 1.65.